The van der Waals surface area contributed by atoms with Crippen molar-refractivity contribution >= 4 is 5.91 Å². The van der Waals surface area contributed by atoms with E-state index in [1.807, 2.05) is 4.90 Å². The zero-order valence-electron chi connectivity index (χ0n) is 11.6. The van der Waals surface area contributed by atoms with Gasteiger partial charge >= 0.3 is 0 Å². The molecule has 1 amide bonds. The summed E-state index contributed by atoms with van der Waals surface area (Å²) >= 11 is 0. The van der Waals surface area contributed by atoms with Crippen LogP contribution in [-0.4, -0.2) is 26.6 Å². The van der Waals surface area contributed by atoms with Crippen LogP contribution in [0.15, 0.2) is 18.7 Å². The van der Waals surface area contributed by atoms with Crippen LogP contribution in [0.25, 0.3) is 0 Å². The summed E-state index contributed by atoms with van der Waals surface area (Å²) in [6.07, 6.45) is 1.39. The van der Waals surface area contributed by atoms with E-state index in [4.69, 9.17) is 0 Å². The summed E-state index contributed by atoms with van der Waals surface area (Å²) in [5, 5.41) is 4.65. The predicted octanol–water partition coefficient (Wildman–Crippen LogP) is 2.48. The summed E-state index contributed by atoms with van der Waals surface area (Å²) < 4.78 is 2.06. The van der Waals surface area contributed by atoms with Crippen LogP contribution in [0, 0.1) is 0 Å². The Hall–Kier alpha value is -1.58. The van der Waals surface area contributed by atoms with Crippen LogP contribution in [0.4, 0.5) is 0 Å². The number of amides is 1. The summed E-state index contributed by atoms with van der Waals surface area (Å²) in [7, 11) is 0. The smallest absolute Gasteiger partial charge is 0.246 e. The van der Waals surface area contributed by atoms with Crippen molar-refractivity contribution in [2.75, 3.05) is 0 Å². The maximum atomic E-state index is 11.9. The lowest BCUT2D eigenvalue weighted by Gasteiger charge is -2.37. The van der Waals surface area contributed by atoms with E-state index in [-0.39, 0.29) is 18.0 Å². The van der Waals surface area contributed by atoms with Gasteiger partial charge in [-0.2, -0.15) is 5.10 Å². The van der Waals surface area contributed by atoms with E-state index in [1.165, 1.54) is 6.08 Å². The maximum Gasteiger partial charge on any atom is 0.246 e. The molecule has 2 heterocycles. The van der Waals surface area contributed by atoms with Crippen LogP contribution in [-0.2, 0) is 11.3 Å². The molecule has 0 aromatic carbocycles. The largest absolute Gasteiger partial charge is 0.328 e. The Morgan fingerprint density at radius 1 is 1.50 bits per heavy atom. The van der Waals surface area contributed by atoms with Crippen molar-refractivity contribution < 1.29 is 4.79 Å². The second kappa shape index (κ2) is 4.59. The molecular weight excluding hydrogens is 226 g/mol. The Balaban J connectivity index is 2.38. The van der Waals surface area contributed by atoms with Gasteiger partial charge < -0.3 is 4.90 Å². The van der Waals surface area contributed by atoms with Gasteiger partial charge in [-0.15, -0.1) is 0 Å². The molecule has 0 fully saturated rings. The Morgan fingerprint density at radius 2 is 2.17 bits per heavy atom. The van der Waals surface area contributed by atoms with E-state index in [2.05, 4.69) is 50.1 Å². The molecule has 4 nitrogen and oxygen atoms in total. The number of hydrogen-bond acceptors (Lipinski definition) is 2. The minimum absolute atomic E-state index is 0.00658. The zero-order valence-corrected chi connectivity index (χ0v) is 11.6. The van der Waals surface area contributed by atoms with Gasteiger partial charge in [-0.1, -0.05) is 20.4 Å². The third-order valence-electron chi connectivity index (χ3n) is 3.79. The number of aromatic nitrogens is 2. The van der Waals surface area contributed by atoms with Gasteiger partial charge in [0.25, 0.3) is 0 Å². The van der Waals surface area contributed by atoms with E-state index < -0.39 is 0 Å². The number of hydrogen-bond donors (Lipinski definition) is 0. The van der Waals surface area contributed by atoms with Crippen molar-refractivity contribution in [3.05, 3.63) is 30.1 Å². The topological polar surface area (TPSA) is 38.1 Å². The lowest BCUT2D eigenvalue weighted by atomic mass is 10.1. The second-order valence-corrected chi connectivity index (χ2v) is 5.31. The fraction of sp³-hybridized carbons (Fsp3) is 0.571. The molecule has 0 spiro atoms. The molecule has 0 saturated carbocycles. The fourth-order valence-electron chi connectivity index (χ4n) is 2.39. The normalized spacial score (nSPS) is 23.1. The molecule has 1 aromatic rings. The molecule has 0 bridgehead atoms. The molecule has 2 rings (SSSR count). The first-order chi connectivity index (χ1) is 8.45. The lowest BCUT2D eigenvalue weighted by Crippen LogP contribution is -2.46. The average molecular weight is 247 g/mol. The van der Waals surface area contributed by atoms with Gasteiger partial charge in [0.2, 0.25) is 5.91 Å². The molecule has 0 N–H and O–H groups in total. The van der Waals surface area contributed by atoms with E-state index in [0.29, 0.717) is 12.5 Å². The highest BCUT2D eigenvalue weighted by molar-refractivity contribution is 5.87. The number of fused-ring (bicyclic) bond motifs is 1. The Labute approximate surface area is 108 Å². The Kier molecular flexibility index (Phi) is 3.28. The summed E-state index contributed by atoms with van der Waals surface area (Å²) in [6, 6.07) is 2.45. The molecule has 2 atom stereocenters. The molecule has 1 aliphatic rings. The minimum atomic E-state index is -0.00658. The zero-order chi connectivity index (χ0) is 13.4. The average Bonchev–Trinajstić information content (AvgIpc) is 2.77. The SMILES string of the molecule is C=CC(=O)N1Cc2cc(C(C)C)nn2C(C)C1C. The Morgan fingerprint density at radius 3 is 2.72 bits per heavy atom. The van der Waals surface area contributed by atoms with E-state index >= 15 is 0 Å². The molecule has 1 aromatic heterocycles. The first-order valence-corrected chi connectivity index (χ1v) is 6.47. The lowest BCUT2D eigenvalue weighted by molar-refractivity contribution is -0.130. The van der Waals surface area contributed by atoms with Crippen molar-refractivity contribution in [1.29, 1.82) is 0 Å². The molecule has 2 unspecified atom stereocenters. The number of nitrogens with zero attached hydrogens (tertiary/aromatic N) is 3. The summed E-state index contributed by atoms with van der Waals surface area (Å²) in [6.45, 7) is 12.6. The number of rotatable bonds is 2. The van der Waals surface area contributed by atoms with Gasteiger partial charge in [0.1, 0.15) is 0 Å². The predicted molar refractivity (Wildman–Crippen MR) is 71.2 cm³/mol. The number of carbonyl (C=O) groups excluding carboxylic acids is 1. The highest BCUT2D eigenvalue weighted by Gasteiger charge is 2.32. The van der Waals surface area contributed by atoms with Crippen LogP contribution < -0.4 is 0 Å². The van der Waals surface area contributed by atoms with Crippen molar-refractivity contribution in [3.8, 4) is 0 Å². The van der Waals surface area contributed by atoms with Crippen LogP contribution in [0.1, 0.15) is 51.0 Å². The Bertz CT molecular complexity index is 475. The van der Waals surface area contributed by atoms with Crippen LogP contribution in [0.5, 0.6) is 0 Å². The van der Waals surface area contributed by atoms with Crippen LogP contribution in [0.3, 0.4) is 0 Å². The fourth-order valence-corrected chi connectivity index (χ4v) is 2.39. The molecule has 4 heteroatoms. The molecule has 1 aliphatic heterocycles. The van der Waals surface area contributed by atoms with Gasteiger partial charge in [-0.25, -0.2) is 0 Å². The third kappa shape index (κ3) is 1.96. The summed E-state index contributed by atoms with van der Waals surface area (Å²) in [5.41, 5.74) is 2.21. The quantitative estimate of drug-likeness (QED) is 0.753. The first-order valence-electron chi connectivity index (χ1n) is 6.47. The molecular formula is C14H21N3O. The minimum Gasteiger partial charge on any atom is -0.328 e. The summed E-state index contributed by atoms with van der Waals surface area (Å²) in [4.78, 5) is 13.7. The van der Waals surface area contributed by atoms with E-state index in [0.717, 1.165) is 11.4 Å². The second-order valence-electron chi connectivity index (χ2n) is 5.31. The van der Waals surface area contributed by atoms with Crippen LogP contribution in [0.2, 0.25) is 0 Å². The highest BCUT2D eigenvalue weighted by Crippen LogP contribution is 2.28. The van der Waals surface area contributed by atoms with E-state index in [1.54, 1.807) is 0 Å². The molecule has 98 valence electrons. The number of carbonyl (C=O) groups is 1. The highest BCUT2D eigenvalue weighted by atomic mass is 16.2. The molecule has 18 heavy (non-hydrogen) atoms. The molecule has 0 radical (unpaired) electrons. The van der Waals surface area contributed by atoms with Gasteiger partial charge in [-0.05, 0) is 31.9 Å². The third-order valence-corrected chi connectivity index (χ3v) is 3.79. The van der Waals surface area contributed by atoms with Gasteiger partial charge in [0.15, 0.2) is 0 Å². The van der Waals surface area contributed by atoms with Crippen molar-refractivity contribution in [2.45, 2.75) is 52.2 Å². The first kappa shape index (κ1) is 12.9. The molecule has 0 saturated heterocycles. The maximum absolute atomic E-state index is 11.9. The van der Waals surface area contributed by atoms with Crippen molar-refractivity contribution in [3.63, 3.8) is 0 Å². The van der Waals surface area contributed by atoms with Crippen LogP contribution >= 0.6 is 0 Å². The summed E-state index contributed by atoms with van der Waals surface area (Å²) in [5.74, 6) is 0.405. The van der Waals surface area contributed by atoms with Gasteiger partial charge in [0.05, 0.1) is 30.0 Å². The monoisotopic (exact) mass is 247 g/mol. The molecule has 0 aliphatic carbocycles. The van der Waals surface area contributed by atoms with Gasteiger partial charge in [-0.3, -0.25) is 9.48 Å². The standard InChI is InChI=1S/C14H21N3O/c1-6-14(18)16-8-12-7-13(9(2)3)15-17(12)11(5)10(16)4/h6-7,9-11H,1,8H2,2-5H3. The van der Waals surface area contributed by atoms with E-state index in [9.17, 15) is 4.79 Å². The van der Waals surface area contributed by atoms with Crippen molar-refractivity contribution in [1.82, 2.24) is 14.7 Å². The van der Waals surface area contributed by atoms with Gasteiger partial charge in [0, 0.05) is 0 Å². The van der Waals surface area contributed by atoms with Crippen molar-refractivity contribution in [2.24, 2.45) is 0 Å².